The Bertz CT molecular complexity index is 3280. The first-order chi connectivity index (χ1) is 39.5. The van der Waals surface area contributed by atoms with Crippen molar-refractivity contribution in [1.82, 2.24) is 30.8 Å². The number of primary amides is 1. The van der Waals surface area contributed by atoms with Gasteiger partial charge in [-0.3, -0.25) is 47.8 Å². The third kappa shape index (κ3) is 15.6. The fourth-order valence-corrected chi connectivity index (χ4v) is 12.5. The predicted molar refractivity (Wildman–Crippen MR) is 312 cm³/mol. The summed E-state index contributed by atoms with van der Waals surface area (Å²) in [5.41, 5.74) is 10.9. The third-order valence-electron chi connectivity index (χ3n) is 15.7. The number of nitrogens with one attached hydrogen (secondary N) is 4. The highest BCUT2D eigenvalue weighted by atomic mass is 32.1. The summed E-state index contributed by atoms with van der Waals surface area (Å²) in [5, 5.41) is 19.9. The van der Waals surface area contributed by atoms with E-state index in [0.717, 1.165) is 64.9 Å². The lowest BCUT2D eigenvalue weighted by atomic mass is 9.85. The number of amides is 6. The number of β-amino-alcohol motifs (C(OH)–C–C–N with tert-alkyl or cyclic N) is 1. The number of nitrogens with zero attached hydrogens (tertiary/aromatic N) is 3. The van der Waals surface area contributed by atoms with Gasteiger partial charge in [-0.2, -0.15) is 0 Å². The molecular weight excluding hydrogens is 1100 g/mol. The fraction of sp³-hybridized carbons (Fsp3) is 0.483. The molecule has 1 saturated heterocycles. The highest BCUT2D eigenvalue weighted by Crippen LogP contribution is 2.42. The highest BCUT2D eigenvalue weighted by molar-refractivity contribution is 7.70. The Morgan fingerprint density at radius 2 is 1.63 bits per heavy atom. The van der Waals surface area contributed by atoms with Crippen LogP contribution in [0, 0.1) is 18.3 Å². The summed E-state index contributed by atoms with van der Waals surface area (Å²) in [6.45, 7) is 8.22. The van der Waals surface area contributed by atoms with Crippen molar-refractivity contribution < 1.29 is 62.6 Å². The molecular formula is C60H75N8O13PS. The van der Waals surface area contributed by atoms with E-state index in [0.29, 0.717) is 42.5 Å². The van der Waals surface area contributed by atoms with Gasteiger partial charge in [0, 0.05) is 74.2 Å². The number of fused-ring (bicyclic) bond motifs is 1. The first-order valence-electron chi connectivity index (χ1n) is 28.4. The molecule has 83 heavy (non-hydrogen) atoms. The number of hydrogen-bond acceptors (Lipinski definition) is 13. The monoisotopic (exact) mass is 1180 g/mol. The molecule has 0 aliphatic carbocycles. The van der Waals surface area contributed by atoms with Gasteiger partial charge in [0.15, 0.2) is 5.78 Å². The van der Waals surface area contributed by atoms with Crippen LogP contribution in [0.3, 0.4) is 0 Å². The molecule has 9 N–H and O–H groups in total. The van der Waals surface area contributed by atoms with Gasteiger partial charge in [-0.05, 0) is 91.0 Å². The van der Waals surface area contributed by atoms with E-state index in [1.807, 2.05) is 70.2 Å². The number of nitrogens with two attached hydrogens (primary N) is 1. The molecule has 0 spiro atoms. The molecule has 0 bridgehead atoms. The van der Waals surface area contributed by atoms with E-state index < -0.39 is 78.2 Å². The van der Waals surface area contributed by atoms with Gasteiger partial charge >= 0.3 is 7.60 Å². The van der Waals surface area contributed by atoms with Crippen molar-refractivity contribution in [2.75, 3.05) is 24.7 Å². The number of H-pyrrole nitrogens is 1. The fourth-order valence-electron chi connectivity index (χ4n) is 11.3. The lowest BCUT2D eigenvalue weighted by Gasteiger charge is -2.35. The molecule has 1 fully saturated rings. The number of hydrogen-bond donors (Lipinski definition) is 8. The average Bonchev–Trinajstić information content (AvgIpc) is 4.45. The van der Waals surface area contributed by atoms with Gasteiger partial charge in [-0.1, -0.05) is 88.9 Å². The SMILES string of the molecule is Cc1ncsc1-c1ccc(CNC(=O)[C@@H]2C[C@@H](O)CN2C(=O)[C@@H](NC(=O)CCCCCCCCOC[C@H](CCC(N)=O)NC(=O)[C@@H]2Cc3cccc4c3N2C(=O)[C@@H](CC(=O)c2cc3cc(C(=O)P(=O)(O)O)ccc3[nH]2)CC4)C(C)(C)C)cc1. The summed E-state index contributed by atoms with van der Waals surface area (Å²) in [6.07, 6.45) is 5.17. The minimum atomic E-state index is -5.03. The lowest BCUT2D eigenvalue weighted by molar-refractivity contribution is -0.144. The van der Waals surface area contributed by atoms with E-state index in [2.05, 4.69) is 25.9 Å². The molecule has 5 heterocycles. The van der Waals surface area contributed by atoms with Gasteiger partial charge in [0.05, 0.1) is 46.2 Å². The van der Waals surface area contributed by atoms with Crippen LogP contribution in [0.4, 0.5) is 5.69 Å². The summed E-state index contributed by atoms with van der Waals surface area (Å²) < 4.78 is 17.6. The number of aryl methyl sites for hydroxylation is 2. The van der Waals surface area contributed by atoms with Crippen molar-refractivity contribution in [3.05, 3.63) is 106 Å². The molecule has 3 aromatic carbocycles. The minimum absolute atomic E-state index is 0.00954. The number of thiazole rings is 1. The maximum absolute atomic E-state index is 14.5. The van der Waals surface area contributed by atoms with Crippen LogP contribution < -0.4 is 26.6 Å². The predicted octanol–water partition coefficient (Wildman–Crippen LogP) is 6.32. The number of aromatic nitrogens is 2. The first kappa shape index (κ1) is 62.1. The van der Waals surface area contributed by atoms with Crippen molar-refractivity contribution in [3.8, 4) is 10.4 Å². The molecule has 444 valence electrons. The van der Waals surface area contributed by atoms with E-state index >= 15 is 0 Å². The van der Waals surface area contributed by atoms with Crippen LogP contribution in [0.5, 0.6) is 0 Å². The van der Waals surface area contributed by atoms with Crippen molar-refractivity contribution in [1.29, 1.82) is 0 Å². The normalized spacial score (nSPS) is 18.6. The number of carbonyl (C=O) groups is 8. The van der Waals surface area contributed by atoms with Crippen LogP contribution in [-0.2, 0) is 57.5 Å². The second-order valence-electron chi connectivity index (χ2n) is 23.2. The number of rotatable bonds is 27. The molecule has 6 amide bonds. The highest BCUT2D eigenvalue weighted by Gasteiger charge is 2.46. The summed E-state index contributed by atoms with van der Waals surface area (Å²) in [6, 6.07) is 15.6. The average molecular weight is 1180 g/mol. The second kappa shape index (κ2) is 27.2. The molecule has 0 unspecified atom stereocenters. The number of benzene rings is 3. The molecule has 0 radical (unpaired) electrons. The Hall–Kier alpha value is -6.94. The van der Waals surface area contributed by atoms with Crippen LogP contribution in [0.15, 0.2) is 72.2 Å². The maximum atomic E-state index is 14.5. The number of anilines is 1. The maximum Gasteiger partial charge on any atom is 0.396 e. The number of aliphatic hydroxyl groups excluding tert-OH is 1. The molecule has 5 aromatic rings. The number of aliphatic hydroxyl groups is 1. The van der Waals surface area contributed by atoms with E-state index in [1.54, 1.807) is 16.8 Å². The molecule has 23 heteroatoms. The molecule has 21 nitrogen and oxygen atoms in total. The van der Waals surface area contributed by atoms with Crippen molar-refractivity contribution in [2.24, 2.45) is 17.1 Å². The molecule has 3 aliphatic rings. The molecule has 0 saturated carbocycles. The summed E-state index contributed by atoms with van der Waals surface area (Å²) in [7, 11) is -5.03. The topological polar surface area (TPSA) is 321 Å². The molecule has 2 aromatic heterocycles. The van der Waals surface area contributed by atoms with E-state index in [4.69, 9.17) is 10.5 Å². The minimum Gasteiger partial charge on any atom is -0.391 e. The third-order valence-corrected chi connectivity index (χ3v) is 17.5. The Morgan fingerprint density at radius 3 is 2.33 bits per heavy atom. The van der Waals surface area contributed by atoms with Crippen LogP contribution in [0.1, 0.15) is 141 Å². The van der Waals surface area contributed by atoms with Crippen LogP contribution >= 0.6 is 18.9 Å². The number of carbonyl (C=O) groups excluding carboxylic acids is 8. The van der Waals surface area contributed by atoms with Crippen molar-refractivity contribution in [2.45, 2.75) is 154 Å². The van der Waals surface area contributed by atoms with Crippen LogP contribution in [0.2, 0.25) is 0 Å². The standard InChI is InChI=1S/C60H75N8O13PS/c1-35-53(83-34-63-35)38-17-15-36(16-18-38)31-62-55(73)47-30-44(69)32-67(47)58(76)54(60(2,3)4)66-51(72)14-9-7-5-6-8-10-25-81-33-43(22-24-50(61)71)64-56(74)48-28-39-13-11-12-37-19-20-40(57(75)68(48)52(37)39)29-49(70)46-27-42-26-41(21-23-45(42)65-46)59(77)82(78,79)80/h11-13,15-18,21,23,26-27,34,40,43-44,47-48,54,65,69H,5-10,14,19-20,22,24-25,28-33H2,1-4H3,(H2,61,71)(H,62,73)(H,64,74)(H,66,72)(H2,78,79,80)/t40-,43+,44-,47+,48+,54-/m1/s1. The quantitative estimate of drug-likeness (QED) is 0.0162. The number of aromatic amines is 1. The molecule has 3 aliphatic heterocycles. The Balaban J connectivity index is 0.762. The molecule has 8 rings (SSSR count). The number of Topliss-reactive ketones (excluding diaryl/α,β-unsaturated/α-hetero) is 1. The van der Waals surface area contributed by atoms with Gasteiger partial charge < -0.3 is 51.2 Å². The Kier molecular flexibility index (Phi) is 20.3. The zero-order chi connectivity index (χ0) is 59.8. The second-order valence-corrected chi connectivity index (χ2v) is 25.5. The van der Waals surface area contributed by atoms with Gasteiger partial charge in [0.25, 0.3) is 5.52 Å². The van der Waals surface area contributed by atoms with E-state index in [-0.39, 0.29) is 87.2 Å². The van der Waals surface area contributed by atoms with E-state index in [1.165, 1.54) is 34.1 Å². The van der Waals surface area contributed by atoms with Gasteiger partial charge in [0.2, 0.25) is 35.4 Å². The van der Waals surface area contributed by atoms with Gasteiger partial charge in [-0.15, -0.1) is 11.3 Å². The summed E-state index contributed by atoms with van der Waals surface area (Å²) in [5.74, 6) is -3.61. The van der Waals surface area contributed by atoms with Crippen LogP contribution in [0.25, 0.3) is 21.3 Å². The number of ketones is 1. The van der Waals surface area contributed by atoms with Crippen LogP contribution in [-0.4, -0.2) is 127 Å². The number of ether oxygens (including phenoxy) is 1. The smallest absolute Gasteiger partial charge is 0.391 e. The zero-order valence-corrected chi connectivity index (χ0v) is 49.0. The lowest BCUT2D eigenvalue weighted by Crippen LogP contribution is -2.57. The summed E-state index contributed by atoms with van der Waals surface area (Å²) in [4.78, 5) is 138. The van der Waals surface area contributed by atoms with Crippen molar-refractivity contribution >= 4 is 82.3 Å². The number of para-hydroxylation sites is 1. The number of unbranched alkanes of at least 4 members (excludes halogenated alkanes) is 5. The van der Waals surface area contributed by atoms with E-state index in [9.17, 15) is 57.8 Å². The molecule has 6 atom stereocenters. The van der Waals surface area contributed by atoms with Crippen molar-refractivity contribution in [3.63, 3.8) is 0 Å². The largest absolute Gasteiger partial charge is 0.396 e. The first-order valence-corrected chi connectivity index (χ1v) is 30.9. The summed E-state index contributed by atoms with van der Waals surface area (Å²) >= 11 is 1.56. The Morgan fingerprint density at radius 1 is 0.904 bits per heavy atom. The van der Waals surface area contributed by atoms with Gasteiger partial charge in [-0.25, -0.2) is 4.98 Å². The zero-order valence-electron chi connectivity index (χ0n) is 47.3. The Labute approximate surface area is 486 Å². The number of likely N-dealkylation sites (tertiary alicyclic amines) is 1. The van der Waals surface area contributed by atoms with Gasteiger partial charge in [0.1, 0.15) is 18.1 Å².